The number of sulfonamides is 1. The lowest BCUT2D eigenvalue weighted by Gasteiger charge is -2.43. The zero-order chi connectivity index (χ0) is 32.6. The number of amides is 2. The Morgan fingerprint density at radius 3 is 2.51 bits per heavy atom. The molecule has 254 valence electrons. The molecule has 0 saturated carbocycles. The van der Waals surface area contributed by atoms with Crippen molar-refractivity contribution in [3.63, 3.8) is 0 Å². The first-order valence-electron chi connectivity index (χ1n) is 15.4. The highest BCUT2D eigenvalue weighted by Crippen LogP contribution is 2.29. The van der Waals surface area contributed by atoms with Crippen LogP contribution in [-0.2, 0) is 37.3 Å². The van der Waals surface area contributed by atoms with Gasteiger partial charge in [0, 0.05) is 74.7 Å². The topological polar surface area (TPSA) is 132 Å². The Balaban J connectivity index is 0.00000433. The second-order valence-corrected chi connectivity index (χ2v) is 15.3. The fourth-order valence-electron chi connectivity index (χ4n) is 6.19. The summed E-state index contributed by atoms with van der Waals surface area (Å²) in [6.45, 7) is 6.37. The van der Waals surface area contributed by atoms with Crippen LogP contribution in [0.1, 0.15) is 34.2 Å². The number of nitrogens with zero attached hydrogens (tertiary/aromatic N) is 5. The summed E-state index contributed by atoms with van der Waals surface area (Å²) >= 11 is 7.44. The fraction of sp³-hybridized carbons (Fsp3) is 0.484. The summed E-state index contributed by atoms with van der Waals surface area (Å²) in [6.07, 6.45) is 0.710. The molecule has 2 aromatic carbocycles. The fourth-order valence-corrected chi connectivity index (χ4v) is 8.84. The van der Waals surface area contributed by atoms with E-state index < -0.39 is 16.1 Å². The Hall–Kier alpha value is -2.85. The third-order valence-corrected chi connectivity index (χ3v) is 11.9. The Labute approximate surface area is 289 Å². The number of ether oxygens (including phenoxy) is 1. The van der Waals surface area contributed by atoms with Crippen molar-refractivity contribution in [3.8, 4) is 0 Å². The molecule has 0 bridgehead atoms. The third kappa shape index (κ3) is 7.58. The molecule has 2 saturated heterocycles. The van der Waals surface area contributed by atoms with Gasteiger partial charge in [-0.1, -0.05) is 23.7 Å². The third-order valence-electron chi connectivity index (χ3n) is 8.71. The van der Waals surface area contributed by atoms with E-state index in [1.165, 1.54) is 20.5 Å². The minimum Gasteiger partial charge on any atom is -0.465 e. The number of piperazine rings is 2. The van der Waals surface area contributed by atoms with E-state index in [9.17, 15) is 22.8 Å². The van der Waals surface area contributed by atoms with Gasteiger partial charge >= 0.3 is 5.97 Å². The zero-order valence-corrected chi connectivity index (χ0v) is 29.4. The van der Waals surface area contributed by atoms with E-state index >= 15 is 0 Å². The van der Waals surface area contributed by atoms with Crippen LogP contribution in [-0.4, -0.2) is 121 Å². The van der Waals surface area contributed by atoms with Crippen LogP contribution in [0.15, 0.2) is 41.3 Å². The molecular formula is C31H38Cl2N6O6S2. The van der Waals surface area contributed by atoms with Crippen molar-refractivity contribution in [2.24, 2.45) is 0 Å². The summed E-state index contributed by atoms with van der Waals surface area (Å²) < 4.78 is 34.3. The lowest BCUT2D eigenvalue weighted by atomic mass is 10.1. The molecule has 12 nitrogen and oxygen atoms in total. The number of nitrogens with one attached hydrogen (secondary N) is 1. The highest BCUT2D eigenvalue weighted by Gasteiger charge is 2.43. The molecule has 2 atom stereocenters. The van der Waals surface area contributed by atoms with Crippen LogP contribution in [0.3, 0.4) is 0 Å². The molecule has 47 heavy (non-hydrogen) atoms. The molecule has 4 heterocycles. The Kier molecular flexibility index (Phi) is 11.1. The molecule has 2 amide bonds. The second-order valence-electron chi connectivity index (χ2n) is 11.8. The van der Waals surface area contributed by atoms with Gasteiger partial charge < -0.3 is 19.9 Å². The monoisotopic (exact) mass is 724 g/mol. The molecule has 3 aliphatic heterocycles. The van der Waals surface area contributed by atoms with E-state index in [2.05, 4.69) is 17.2 Å². The van der Waals surface area contributed by atoms with Crippen molar-refractivity contribution in [2.45, 2.75) is 43.8 Å². The van der Waals surface area contributed by atoms with Gasteiger partial charge in [-0.15, -0.1) is 23.7 Å². The van der Waals surface area contributed by atoms with Crippen LogP contribution in [0.5, 0.6) is 0 Å². The minimum atomic E-state index is -4.00. The largest absolute Gasteiger partial charge is 0.465 e. The van der Waals surface area contributed by atoms with E-state index in [4.69, 9.17) is 16.3 Å². The summed E-state index contributed by atoms with van der Waals surface area (Å²) in [5, 5.41) is 5.79. The summed E-state index contributed by atoms with van der Waals surface area (Å²) in [4.78, 5) is 50.9. The van der Waals surface area contributed by atoms with Gasteiger partial charge in [-0.2, -0.15) is 4.31 Å². The number of carbonyl (C=O) groups excluding carboxylic acids is 3. The number of thiazole rings is 1. The maximum Gasteiger partial charge on any atom is 0.320 e. The van der Waals surface area contributed by atoms with Gasteiger partial charge in [0.15, 0.2) is 5.01 Å². The minimum absolute atomic E-state index is 0. The molecule has 3 aliphatic rings. The number of rotatable bonds is 7. The van der Waals surface area contributed by atoms with E-state index in [1.807, 2.05) is 4.90 Å². The summed E-state index contributed by atoms with van der Waals surface area (Å²) in [5.74, 6) is -1.01. The Morgan fingerprint density at radius 1 is 1.04 bits per heavy atom. The number of hydrogen-bond acceptors (Lipinski definition) is 10. The van der Waals surface area contributed by atoms with Crippen molar-refractivity contribution in [1.29, 1.82) is 0 Å². The second kappa shape index (κ2) is 14.7. The van der Waals surface area contributed by atoms with Gasteiger partial charge in [0.25, 0.3) is 5.91 Å². The summed E-state index contributed by atoms with van der Waals surface area (Å²) in [7, 11) is -4.00. The number of esters is 1. The number of fused-ring (bicyclic) bond motifs is 2. The van der Waals surface area contributed by atoms with Gasteiger partial charge in [-0.25, -0.2) is 13.4 Å². The summed E-state index contributed by atoms with van der Waals surface area (Å²) in [6, 6.07) is 9.32. The van der Waals surface area contributed by atoms with E-state index in [-0.39, 0.29) is 67.3 Å². The SMILES string of the molecule is CCOC(=O)CN1CCN(C(=O)C2CN(S(=O)(=O)c3ccc4cc(Cl)ccc4c3)CCN2C(=O)c2nc3c(s2)CNC(C)C3)CC1.Cl. The molecule has 1 N–H and O–H groups in total. The van der Waals surface area contributed by atoms with Gasteiger partial charge in [0.1, 0.15) is 6.04 Å². The van der Waals surface area contributed by atoms with Gasteiger partial charge in [-0.05, 0) is 48.9 Å². The molecule has 16 heteroatoms. The van der Waals surface area contributed by atoms with Crippen LogP contribution in [0.25, 0.3) is 10.8 Å². The number of halogens is 2. The van der Waals surface area contributed by atoms with Gasteiger partial charge in [0.2, 0.25) is 15.9 Å². The molecule has 6 rings (SSSR count). The van der Waals surface area contributed by atoms with Gasteiger partial charge in [-0.3, -0.25) is 19.3 Å². The quantitative estimate of drug-likeness (QED) is 0.366. The van der Waals surface area contributed by atoms with Crippen molar-refractivity contribution in [1.82, 2.24) is 29.3 Å². The first-order valence-corrected chi connectivity index (χ1v) is 18.1. The number of aromatic nitrogens is 1. The lowest BCUT2D eigenvalue weighted by molar-refractivity contribution is -0.145. The average Bonchev–Trinajstić information content (AvgIpc) is 3.47. The van der Waals surface area contributed by atoms with Crippen molar-refractivity contribution >= 4 is 73.9 Å². The molecule has 0 radical (unpaired) electrons. The molecular weight excluding hydrogens is 687 g/mol. The highest BCUT2D eigenvalue weighted by atomic mass is 35.5. The maximum atomic E-state index is 14.1. The molecule has 1 aromatic heterocycles. The Bertz CT molecular complexity index is 1760. The predicted octanol–water partition coefficient (Wildman–Crippen LogP) is 2.63. The Morgan fingerprint density at radius 2 is 1.77 bits per heavy atom. The maximum absolute atomic E-state index is 14.1. The number of carbonyl (C=O) groups is 3. The standard InChI is InChI=1S/C31H37ClN6O6S2.ClH/c1-3-44-28(39)19-35-8-10-36(11-9-35)30(40)26-18-37(46(42,43)24-7-5-21-15-23(32)6-4-22(21)16-24)12-13-38(26)31(41)29-34-25-14-20(2)33-17-27(25)45-29;/h4-7,15-16,20,26,33H,3,8-14,17-19H2,1-2H3;1H. The van der Waals surface area contributed by atoms with Crippen molar-refractivity contribution < 1.29 is 27.5 Å². The number of hydrogen-bond donors (Lipinski definition) is 1. The highest BCUT2D eigenvalue weighted by molar-refractivity contribution is 7.89. The molecule has 0 spiro atoms. The van der Waals surface area contributed by atoms with Crippen LogP contribution in [0, 0.1) is 0 Å². The van der Waals surface area contributed by atoms with Crippen LogP contribution >= 0.6 is 35.3 Å². The first-order chi connectivity index (χ1) is 22.0. The lowest BCUT2D eigenvalue weighted by Crippen LogP contribution is -2.63. The smallest absolute Gasteiger partial charge is 0.320 e. The predicted molar refractivity (Wildman–Crippen MR) is 182 cm³/mol. The molecule has 2 fully saturated rings. The zero-order valence-electron chi connectivity index (χ0n) is 26.2. The van der Waals surface area contributed by atoms with E-state index in [0.29, 0.717) is 55.8 Å². The normalized spacial score (nSPS) is 20.8. The average molecular weight is 726 g/mol. The van der Waals surface area contributed by atoms with Crippen LogP contribution in [0.4, 0.5) is 0 Å². The molecule has 2 unspecified atom stereocenters. The molecule has 3 aromatic rings. The number of benzene rings is 2. The van der Waals surface area contributed by atoms with Crippen molar-refractivity contribution in [3.05, 3.63) is 57.0 Å². The van der Waals surface area contributed by atoms with Gasteiger partial charge in [0.05, 0.1) is 23.7 Å². The van der Waals surface area contributed by atoms with Crippen LogP contribution in [0.2, 0.25) is 5.02 Å². The van der Waals surface area contributed by atoms with Crippen LogP contribution < -0.4 is 5.32 Å². The summed E-state index contributed by atoms with van der Waals surface area (Å²) in [5.41, 5.74) is 0.888. The van der Waals surface area contributed by atoms with E-state index in [1.54, 1.807) is 48.2 Å². The first kappa shape index (κ1) is 35.5. The van der Waals surface area contributed by atoms with Crippen molar-refractivity contribution in [2.75, 3.05) is 59.0 Å². The van der Waals surface area contributed by atoms with E-state index in [0.717, 1.165) is 21.3 Å². The molecule has 0 aliphatic carbocycles.